The summed E-state index contributed by atoms with van der Waals surface area (Å²) >= 11 is 0. The molecule has 2 aliphatic heterocycles. The number of alkyl halides is 3. The van der Waals surface area contributed by atoms with Crippen LogP contribution in [-0.4, -0.2) is 70.4 Å². The SMILES string of the molecule is O=C(O)C(F)(F)F.O=C(c1ccco1)N1CC[C@@H]2[C@@H](CO[C@@H]2CNc2ncccn2)C1. The van der Waals surface area contributed by atoms with Crippen LogP contribution in [0.4, 0.5) is 19.1 Å². The Balaban J connectivity index is 0.000000339. The number of carbonyl (C=O) groups excluding carboxylic acids is 1. The number of anilines is 1. The number of furan rings is 1. The highest BCUT2D eigenvalue weighted by Crippen LogP contribution is 2.34. The monoisotopic (exact) mass is 442 g/mol. The van der Waals surface area contributed by atoms with Gasteiger partial charge in [-0.3, -0.25) is 4.79 Å². The van der Waals surface area contributed by atoms with Crippen LogP contribution in [0.5, 0.6) is 0 Å². The van der Waals surface area contributed by atoms with Crippen LogP contribution in [0.25, 0.3) is 0 Å². The Morgan fingerprint density at radius 2 is 1.97 bits per heavy atom. The van der Waals surface area contributed by atoms with Gasteiger partial charge in [0.05, 0.1) is 19.0 Å². The van der Waals surface area contributed by atoms with Gasteiger partial charge in [0.2, 0.25) is 5.95 Å². The molecule has 2 fully saturated rings. The number of ether oxygens (including phenoxy) is 1. The van der Waals surface area contributed by atoms with Crippen LogP contribution < -0.4 is 5.32 Å². The molecule has 0 radical (unpaired) electrons. The number of piperidine rings is 1. The van der Waals surface area contributed by atoms with Crippen LogP contribution in [0.15, 0.2) is 41.3 Å². The minimum atomic E-state index is -5.08. The van der Waals surface area contributed by atoms with E-state index in [4.69, 9.17) is 19.1 Å². The molecule has 2 aliphatic rings. The predicted octanol–water partition coefficient (Wildman–Crippen LogP) is 2.29. The topological polar surface area (TPSA) is 118 Å². The van der Waals surface area contributed by atoms with Gasteiger partial charge in [0.25, 0.3) is 5.91 Å². The molecular weight excluding hydrogens is 421 g/mol. The Kier molecular flexibility index (Phi) is 7.10. The van der Waals surface area contributed by atoms with Gasteiger partial charge in [-0.05, 0) is 30.5 Å². The molecule has 2 aromatic heterocycles. The van der Waals surface area contributed by atoms with Crippen molar-refractivity contribution in [1.29, 1.82) is 0 Å². The van der Waals surface area contributed by atoms with Crippen LogP contribution >= 0.6 is 0 Å². The Morgan fingerprint density at radius 1 is 1.26 bits per heavy atom. The molecule has 0 saturated carbocycles. The summed E-state index contributed by atoms with van der Waals surface area (Å²) in [6.45, 7) is 2.84. The maximum Gasteiger partial charge on any atom is 0.490 e. The van der Waals surface area contributed by atoms with Crippen molar-refractivity contribution >= 4 is 17.8 Å². The molecular formula is C19H21F3N4O5. The number of rotatable bonds is 4. The van der Waals surface area contributed by atoms with E-state index in [1.54, 1.807) is 30.6 Å². The third kappa shape index (κ3) is 5.94. The molecule has 0 aliphatic carbocycles. The van der Waals surface area contributed by atoms with Crippen molar-refractivity contribution in [3.8, 4) is 0 Å². The van der Waals surface area contributed by atoms with Gasteiger partial charge in [-0.1, -0.05) is 0 Å². The van der Waals surface area contributed by atoms with Gasteiger partial charge in [0.1, 0.15) is 0 Å². The second-order valence-corrected chi connectivity index (χ2v) is 7.07. The summed E-state index contributed by atoms with van der Waals surface area (Å²) in [6.07, 6.45) is 0.962. The number of nitrogens with zero attached hydrogens (tertiary/aromatic N) is 3. The van der Waals surface area contributed by atoms with E-state index in [0.717, 1.165) is 19.5 Å². The molecule has 2 N–H and O–H groups in total. The molecule has 1 amide bonds. The number of nitrogens with one attached hydrogen (secondary N) is 1. The highest BCUT2D eigenvalue weighted by atomic mass is 19.4. The van der Waals surface area contributed by atoms with Crippen molar-refractivity contribution in [1.82, 2.24) is 14.9 Å². The quantitative estimate of drug-likeness (QED) is 0.741. The van der Waals surface area contributed by atoms with Gasteiger partial charge >= 0.3 is 12.1 Å². The normalized spacial score (nSPS) is 22.8. The van der Waals surface area contributed by atoms with Gasteiger partial charge in [-0.25, -0.2) is 14.8 Å². The van der Waals surface area contributed by atoms with E-state index in [0.29, 0.717) is 36.7 Å². The Labute approximate surface area is 175 Å². The number of hydrogen-bond acceptors (Lipinski definition) is 7. The van der Waals surface area contributed by atoms with Crippen LogP contribution in [0.1, 0.15) is 17.0 Å². The average molecular weight is 442 g/mol. The molecule has 0 unspecified atom stereocenters. The third-order valence-electron chi connectivity index (χ3n) is 5.08. The predicted molar refractivity (Wildman–Crippen MR) is 100 cm³/mol. The van der Waals surface area contributed by atoms with E-state index >= 15 is 0 Å². The fourth-order valence-electron chi connectivity index (χ4n) is 3.62. The number of carboxylic acid groups (broad SMARTS) is 1. The summed E-state index contributed by atoms with van der Waals surface area (Å²) < 4.78 is 42.9. The van der Waals surface area contributed by atoms with Crippen molar-refractivity contribution in [3.05, 3.63) is 42.6 Å². The lowest BCUT2D eigenvalue weighted by Gasteiger charge is -2.35. The standard InChI is InChI=1S/C17H20N4O3.C2HF3O2/c22-16(14-3-1-8-23-14)21-7-4-13-12(10-21)11-24-15(13)9-20-17-18-5-2-6-19-17;3-2(4,5)1(6)7/h1-3,5-6,8,12-13,15H,4,7,9-11H2,(H,18,19,20);(H,6,7)/t12-,13-,15-;/m1./s1. The zero-order valence-corrected chi connectivity index (χ0v) is 16.3. The molecule has 12 heteroatoms. The lowest BCUT2D eigenvalue weighted by molar-refractivity contribution is -0.192. The van der Waals surface area contributed by atoms with Crippen LogP contribution in [0.2, 0.25) is 0 Å². The van der Waals surface area contributed by atoms with E-state index < -0.39 is 12.1 Å². The largest absolute Gasteiger partial charge is 0.490 e. The number of hydrogen-bond donors (Lipinski definition) is 2. The summed E-state index contributed by atoms with van der Waals surface area (Å²) in [6, 6.07) is 5.25. The maximum absolute atomic E-state index is 12.4. The molecule has 9 nitrogen and oxygen atoms in total. The van der Waals surface area contributed by atoms with E-state index in [-0.39, 0.29) is 12.0 Å². The Bertz CT molecular complexity index is 863. The smallest absolute Gasteiger partial charge is 0.475 e. The summed E-state index contributed by atoms with van der Waals surface area (Å²) in [5.74, 6) is -0.921. The lowest BCUT2D eigenvalue weighted by Crippen LogP contribution is -2.45. The van der Waals surface area contributed by atoms with E-state index in [1.165, 1.54) is 6.26 Å². The number of aromatic nitrogens is 2. The zero-order chi connectivity index (χ0) is 22.4. The van der Waals surface area contributed by atoms with Crippen molar-refractivity contribution in [2.45, 2.75) is 18.7 Å². The number of halogens is 3. The summed E-state index contributed by atoms with van der Waals surface area (Å²) in [4.78, 5) is 31.5. The minimum absolute atomic E-state index is 0.0299. The Morgan fingerprint density at radius 3 is 2.58 bits per heavy atom. The lowest BCUT2D eigenvalue weighted by atomic mass is 9.84. The van der Waals surface area contributed by atoms with Crippen molar-refractivity contribution in [2.24, 2.45) is 11.8 Å². The zero-order valence-electron chi connectivity index (χ0n) is 16.3. The molecule has 4 rings (SSSR count). The first-order chi connectivity index (χ1) is 14.8. The van der Waals surface area contributed by atoms with Crippen molar-refractivity contribution in [2.75, 3.05) is 31.6 Å². The molecule has 0 aromatic carbocycles. The van der Waals surface area contributed by atoms with Crippen LogP contribution in [0, 0.1) is 11.8 Å². The highest BCUT2D eigenvalue weighted by Gasteiger charge is 2.42. The number of carboxylic acids is 1. The molecule has 168 valence electrons. The number of fused-ring (bicyclic) bond motifs is 1. The molecule has 0 spiro atoms. The van der Waals surface area contributed by atoms with Gasteiger partial charge in [0.15, 0.2) is 5.76 Å². The van der Waals surface area contributed by atoms with E-state index in [1.807, 2.05) is 4.90 Å². The Hall–Kier alpha value is -3.15. The first-order valence-electron chi connectivity index (χ1n) is 9.51. The fourth-order valence-corrected chi connectivity index (χ4v) is 3.62. The highest BCUT2D eigenvalue weighted by molar-refractivity contribution is 5.91. The van der Waals surface area contributed by atoms with E-state index in [2.05, 4.69) is 15.3 Å². The van der Waals surface area contributed by atoms with Crippen molar-refractivity contribution < 1.29 is 37.0 Å². The summed E-state index contributed by atoms with van der Waals surface area (Å²) in [5.41, 5.74) is 0. The first kappa shape index (κ1) is 22.5. The molecule has 2 saturated heterocycles. The summed E-state index contributed by atoms with van der Waals surface area (Å²) in [5, 5.41) is 10.4. The van der Waals surface area contributed by atoms with E-state index in [9.17, 15) is 18.0 Å². The molecule has 4 heterocycles. The molecule has 2 aromatic rings. The molecule has 0 bridgehead atoms. The second kappa shape index (κ2) is 9.77. The summed E-state index contributed by atoms with van der Waals surface area (Å²) in [7, 11) is 0. The molecule has 3 atom stereocenters. The number of aliphatic carboxylic acids is 1. The van der Waals surface area contributed by atoms with Gasteiger partial charge in [-0.2, -0.15) is 13.2 Å². The maximum atomic E-state index is 12.4. The van der Waals surface area contributed by atoms with Crippen molar-refractivity contribution in [3.63, 3.8) is 0 Å². The second-order valence-electron chi connectivity index (χ2n) is 7.07. The van der Waals surface area contributed by atoms with Crippen LogP contribution in [-0.2, 0) is 9.53 Å². The average Bonchev–Trinajstić information content (AvgIpc) is 3.42. The number of amides is 1. The van der Waals surface area contributed by atoms with Gasteiger partial charge in [0, 0.05) is 37.9 Å². The molecule has 31 heavy (non-hydrogen) atoms. The van der Waals surface area contributed by atoms with Gasteiger partial charge in [-0.15, -0.1) is 0 Å². The van der Waals surface area contributed by atoms with Gasteiger partial charge < -0.3 is 24.5 Å². The first-order valence-corrected chi connectivity index (χ1v) is 9.51. The fraction of sp³-hybridized carbons (Fsp3) is 0.474. The van der Waals surface area contributed by atoms with Crippen LogP contribution in [0.3, 0.4) is 0 Å². The number of likely N-dealkylation sites (tertiary alicyclic amines) is 1. The third-order valence-corrected chi connectivity index (χ3v) is 5.08. The minimum Gasteiger partial charge on any atom is -0.475 e. The number of carbonyl (C=O) groups is 2.